The fourth-order valence-corrected chi connectivity index (χ4v) is 3.59. The second-order valence-electron chi connectivity index (χ2n) is 7.59. The molecule has 1 unspecified atom stereocenters. The van der Waals surface area contributed by atoms with Crippen molar-refractivity contribution < 1.29 is 9.47 Å². The lowest BCUT2D eigenvalue weighted by Crippen LogP contribution is -2.38. The highest BCUT2D eigenvalue weighted by atomic mass is 127. The molecule has 1 aromatic heterocycles. The summed E-state index contributed by atoms with van der Waals surface area (Å²) in [5, 5.41) is 11.3. The Morgan fingerprint density at radius 2 is 2.10 bits per heavy atom. The maximum atomic E-state index is 6.19. The molecule has 3 rings (SSSR count). The van der Waals surface area contributed by atoms with Gasteiger partial charge in [-0.05, 0) is 44.4 Å². The minimum atomic E-state index is 0. The van der Waals surface area contributed by atoms with E-state index < -0.39 is 0 Å². The van der Waals surface area contributed by atoms with Crippen molar-refractivity contribution in [3.8, 4) is 5.75 Å². The molecule has 166 valence electrons. The first-order valence-electron chi connectivity index (χ1n) is 10.3. The van der Waals surface area contributed by atoms with Gasteiger partial charge in [0.15, 0.2) is 5.96 Å². The van der Waals surface area contributed by atoms with E-state index in [-0.39, 0.29) is 30.1 Å². The molecule has 0 saturated carbocycles. The monoisotopic (exact) mass is 527 g/mol. The number of hydrogen-bond donors (Lipinski definition) is 2. The van der Waals surface area contributed by atoms with E-state index in [2.05, 4.69) is 59.7 Å². The molecular formula is C22H34IN5O2. The van der Waals surface area contributed by atoms with E-state index in [9.17, 15) is 0 Å². The van der Waals surface area contributed by atoms with Gasteiger partial charge in [0, 0.05) is 44.9 Å². The number of aliphatic imine (C=N–C) groups is 1. The fraction of sp³-hybridized carbons (Fsp3) is 0.545. The van der Waals surface area contributed by atoms with Gasteiger partial charge in [0.25, 0.3) is 0 Å². The molecule has 2 aromatic rings. The van der Waals surface area contributed by atoms with Crippen molar-refractivity contribution in [3.05, 3.63) is 46.3 Å². The lowest BCUT2D eigenvalue weighted by molar-refractivity contribution is 0.140. The summed E-state index contributed by atoms with van der Waals surface area (Å²) in [6.45, 7) is 9.13. The number of halogens is 1. The first-order chi connectivity index (χ1) is 14.0. The number of guanidine groups is 1. The summed E-state index contributed by atoms with van der Waals surface area (Å²) in [7, 11) is 3.77. The molecule has 1 fully saturated rings. The van der Waals surface area contributed by atoms with Crippen LogP contribution >= 0.6 is 24.0 Å². The highest BCUT2D eigenvalue weighted by Crippen LogP contribution is 2.23. The van der Waals surface area contributed by atoms with Crippen molar-refractivity contribution in [2.45, 2.75) is 46.3 Å². The van der Waals surface area contributed by atoms with Gasteiger partial charge in [-0.3, -0.25) is 9.67 Å². The number of aromatic nitrogens is 2. The van der Waals surface area contributed by atoms with Crippen molar-refractivity contribution in [1.29, 1.82) is 0 Å². The summed E-state index contributed by atoms with van der Waals surface area (Å²) in [5.41, 5.74) is 5.90. The highest BCUT2D eigenvalue weighted by Gasteiger charge is 2.19. The van der Waals surface area contributed by atoms with Crippen molar-refractivity contribution in [3.63, 3.8) is 0 Å². The second kappa shape index (κ2) is 11.5. The van der Waals surface area contributed by atoms with Crippen LogP contribution in [0.15, 0.2) is 23.2 Å². The Morgan fingerprint density at radius 1 is 1.30 bits per heavy atom. The average Bonchev–Trinajstić information content (AvgIpc) is 3.28. The third-order valence-corrected chi connectivity index (χ3v) is 5.40. The minimum absolute atomic E-state index is 0. The van der Waals surface area contributed by atoms with E-state index in [0.717, 1.165) is 49.0 Å². The summed E-state index contributed by atoms with van der Waals surface area (Å²) in [6, 6.07) is 6.32. The molecule has 7 nitrogen and oxygen atoms in total. The normalized spacial score (nSPS) is 16.3. The zero-order chi connectivity index (χ0) is 20.8. The number of ether oxygens (including phenoxy) is 2. The summed E-state index contributed by atoms with van der Waals surface area (Å²) >= 11 is 0. The number of rotatable bonds is 7. The molecule has 1 aliphatic heterocycles. The van der Waals surface area contributed by atoms with E-state index in [1.807, 2.05) is 11.7 Å². The smallest absolute Gasteiger partial charge is 0.191 e. The Kier molecular flexibility index (Phi) is 9.41. The Morgan fingerprint density at radius 3 is 2.73 bits per heavy atom. The number of nitrogens with zero attached hydrogens (tertiary/aromatic N) is 3. The Hall–Kier alpha value is -1.81. The zero-order valence-corrected chi connectivity index (χ0v) is 20.9. The maximum absolute atomic E-state index is 6.19. The molecule has 0 bridgehead atoms. The van der Waals surface area contributed by atoms with E-state index >= 15 is 0 Å². The van der Waals surface area contributed by atoms with Gasteiger partial charge in [-0.25, -0.2) is 0 Å². The van der Waals surface area contributed by atoms with Gasteiger partial charge in [0.2, 0.25) is 0 Å². The third-order valence-electron chi connectivity index (χ3n) is 5.40. The molecule has 1 saturated heterocycles. The first-order valence-corrected chi connectivity index (χ1v) is 10.3. The van der Waals surface area contributed by atoms with E-state index in [4.69, 9.17) is 9.47 Å². The maximum Gasteiger partial charge on any atom is 0.191 e. The molecule has 2 N–H and O–H groups in total. The van der Waals surface area contributed by atoms with Crippen molar-refractivity contribution in [2.24, 2.45) is 12.0 Å². The number of hydrogen-bond acceptors (Lipinski definition) is 4. The molecule has 1 atom stereocenters. The number of benzene rings is 1. The molecule has 1 aliphatic rings. The van der Waals surface area contributed by atoms with Crippen LogP contribution in [0.5, 0.6) is 5.75 Å². The van der Waals surface area contributed by atoms with Crippen LogP contribution < -0.4 is 15.4 Å². The van der Waals surface area contributed by atoms with Gasteiger partial charge in [0.05, 0.1) is 18.9 Å². The summed E-state index contributed by atoms with van der Waals surface area (Å²) in [5.74, 6) is 1.70. The molecular weight excluding hydrogens is 493 g/mol. The third kappa shape index (κ3) is 6.34. The predicted octanol–water partition coefficient (Wildman–Crippen LogP) is 3.04. The SMILES string of the molecule is CN=C(NCCc1c(C)nn(C)c1C)NCc1ccc(C)cc1OC1CCOC1.I. The molecule has 0 aliphatic carbocycles. The van der Waals surface area contributed by atoms with Gasteiger partial charge >= 0.3 is 0 Å². The molecule has 30 heavy (non-hydrogen) atoms. The quantitative estimate of drug-likeness (QED) is 0.329. The van der Waals surface area contributed by atoms with Gasteiger partial charge in [0.1, 0.15) is 11.9 Å². The van der Waals surface area contributed by atoms with Crippen LogP contribution in [0.25, 0.3) is 0 Å². The second-order valence-corrected chi connectivity index (χ2v) is 7.59. The molecule has 8 heteroatoms. The molecule has 0 spiro atoms. The number of aryl methyl sites for hydroxylation is 3. The van der Waals surface area contributed by atoms with E-state index in [1.54, 1.807) is 7.05 Å². The largest absolute Gasteiger partial charge is 0.488 e. The topological polar surface area (TPSA) is 72.7 Å². The fourth-order valence-electron chi connectivity index (χ4n) is 3.59. The molecule has 1 aromatic carbocycles. The lowest BCUT2D eigenvalue weighted by atomic mass is 10.1. The van der Waals surface area contributed by atoms with Crippen LogP contribution in [0.2, 0.25) is 0 Å². The van der Waals surface area contributed by atoms with Crippen LogP contribution in [0.4, 0.5) is 0 Å². The summed E-state index contributed by atoms with van der Waals surface area (Å²) in [4.78, 5) is 4.35. The van der Waals surface area contributed by atoms with Crippen molar-refractivity contribution >= 4 is 29.9 Å². The number of nitrogens with one attached hydrogen (secondary N) is 2. The van der Waals surface area contributed by atoms with Crippen LogP contribution in [-0.2, 0) is 24.8 Å². The predicted molar refractivity (Wildman–Crippen MR) is 131 cm³/mol. The Bertz CT molecular complexity index is 859. The minimum Gasteiger partial charge on any atom is -0.488 e. The standard InChI is InChI=1S/C22H33N5O2.HI/c1-15-6-7-18(21(12-15)29-19-9-11-28-14-19)13-25-22(23-4)24-10-8-20-16(2)26-27(5)17(20)3;/h6-7,12,19H,8-11,13-14H2,1-5H3,(H2,23,24,25);1H. The van der Waals surface area contributed by atoms with Gasteiger partial charge in [-0.1, -0.05) is 12.1 Å². The van der Waals surface area contributed by atoms with Gasteiger partial charge in [-0.15, -0.1) is 24.0 Å². The molecule has 0 amide bonds. The van der Waals surface area contributed by atoms with Crippen LogP contribution in [0.1, 0.15) is 34.5 Å². The van der Waals surface area contributed by atoms with Crippen molar-refractivity contribution in [1.82, 2.24) is 20.4 Å². The zero-order valence-electron chi connectivity index (χ0n) is 18.6. The Labute approximate surface area is 196 Å². The van der Waals surface area contributed by atoms with Crippen LogP contribution in [0, 0.1) is 20.8 Å². The lowest BCUT2D eigenvalue weighted by Gasteiger charge is -2.18. The van der Waals surface area contributed by atoms with Gasteiger partial charge in [-0.2, -0.15) is 5.10 Å². The Balaban J connectivity index is 0.00000320. The van der Waals surface area contributed by atoms with E-state index in [1.165, 1.54) is 16.8 Å². The van der Waals surface area contributed by atoms with Crippen molar-refractivity contribution in [2.75, 3.05) is 26.8 Å². The van der Waals surface area contributed by atoms with E-state index in [0.29, 0.717) is 13.2 Å². The van der Waals surface area contributed by atoms with Crippen LogP contribution in [-0.4, -0.2) is 48.7 Å². The molecule has 0 radical (unpaired) electrons. The summed E-state index contributed by atoms with van der Waals surface area (Å²) < 4.78 is 13.6. The average molecular weight is 527 g/mol. The first kappa shape index (κ1) is 24.5. The molecule has 2 heterocycles. The highest BCUT2D eigenvalue weighted by molar-refractivity contribution is 14.0. The van der Waals surface area contributed by atoms with Gasteiger partial charge < -0.3 is 20.1 Å². The summed E-state index contributed by atoms with van der Waals surface area (Å²) in [6.07, 6.45) is 1.99. The van der Waals surface area contributed by atoms with Crippen LogP contribution in [0.3, 0.4) is 0 Å².